The van der Waals surface area contributed by atoms with Gasteiger partial charge in [0, 0.05) is 22.7 Å². The number of aromatic nitrogens is 1. The first kappa shape index (κ1) is 21.3. The number of hydrogen-bond acceptors (Lipinski definition) is 3. The first-order valence-electron chi connectivity index (χ1n) is 10.8. The highest BCUT2D eigenvalue weighted by molar-refractivity contribution is 6.39. The van der Waals surface area contributed by atoms with Crippen LogP contribution in [0.2, 0.25) is 10.0 Å². The fraction of sp³-hybridized carbons (Fsp3) is 0.308. The Balaban J connectivity index is 1.43. The Morgan fingerprint density at radius 3 is 2.88 bits per heavy atom. The molecule has 2 heterocycles. The lowest BCUT2D eigenvalue weighted by Gasteiger charge is -2.16. The van der Waals surface area contributed by atoms with Crippen LogP contribution in [0.4, 0.5) is 0 Å². The van der Waals surface area contributed by atoms with Crippen LogP contribution >= 0.6 is 23.2 Å². The summed E-state index contributed by atoms with van der Waals surface area (Å²) in [6.45, 7) is 2.38. The molecule has 6 heteroatoms. The molecule has 2 aliphatic rings. The Labute approximate surface area is 197 Å². The molecule has 0 radical (unpaired) electrons. The second-order valence-electron chi connectivity index (χ2n) is 8.70. The Bertz CT molecular complexity index is 1220. The maximum absolute atomic E-state index is 11.1. The number of pyridine rings is 1. The third-order valence-electron chi connectivity index (χ3n) is 6.62. The number of halogens is 2. The molecule has 1 aliphatic heterocycles. The van der Waals surface area contributed by atoms with E-state index in [1.165, 1.54) is 11.1 Å². The fourth-order valence-electron chi connectivity index (χ4n) is 5.04. The average Bonchev–Trinajstić information content (AvgIpc) is 3.35. The predicted molar refractivity (Wildman–Crippen MR) is 126 cm³/mol. The van der Waals surface area contributed by atoms with Gasteiger partial charge in [0.25, 0.3) is 0 Å². The van der Waals surface area contributed by atoms with Gasteiger partial charge in [0.15, 0.2) is 0 Å². The van der Waals surface area contributed by atoms with Gasteiger partial charge >= 0.3 is 5.97 Å². The smallest absolute Gasteiger partial charge is 0.304 e. The second kappa shape index (κ2) is 8.42. The summed E-state index contributed by atoms with van der Waals surface area (Å²) >= 11 is 13.2. The highest BCUT2D eigenvalue weighted by Gasteiger charge is 2.30. The van der Waals surface area contributed by atoms with Crippen LogP contribution in [0.1, 0.15) is 52.6 Å². The number of carboxylic acids is 1. The summed E-state index contributed by atoms with van der Waals surface area (Å²) in [5, 5.41) is 10.5. The normalized spacial score (nSPS) is 18.8. The highest BCUT2D eigenvalue weighted by Crippen LogP contribution is 2.45. The van der Waals surface area contributed by atoms with Crippen molar-refractivity contribution in [3.8, 4) is 16.9 Å². The Hall–Kier alpha value is -2.56. The quantitative estimate of drug-likeness (QED) is 0.459. The van der Waals surface area contributed by atoms with Crippen LogP contribution in [0.15, 0.2) is 42.6 Å². The standard InChI is InChI=1S/C26H23Cl2NO3/c1-14-5-8-21(27)24(25(14)28)20-4-2-3-18-16(6-7-19(18)20)9-15-10-22-26(29-12-15)17(13-32-22)11-23(30)31/h2-5,8,10,12,16-17H,6-7,9,11,13H2,1H3,(H,30,31)/t16-,17?/m0/s1. The van der Waals surface area contributed by atoms with Gasteiger partial charge in [-0.15, -0.1) is 0 Å². The fourth-order valence-corrected chi connectivity index (χ4v) is 5.61. The first-order chi connectivity index (χ1) is 15.4. The van der Waals surface area contributed by atoms with Crippen LogP contribution in [-0.2, 0) is 17.6 Å². The van der Waals surface area contributed by atoms with E-state index in [0.29, 0.717) is 22.6 Å². The van der Waals surface area contributed by atoms with E-state index >= 15 is 0 Å². The van der Waals surface area contributed by atoms with Crippen LogP contribution < -0.4 is 4.74 Å². The van der Waals surface area contributed by atoms with E-state index in [1.54, 1.807) is 0 Å². The lowest BCUT2D eigenvalue weighted by Crippen LogP contribution is -2.08. The third-order valence-corrected chi connectivity index (χ3v) is 7.42. The van der Waals surface area contributed by atoms with E-state index < -0.39 is 5.97 Å². The van der Waals surface area contributed by atoms with Gasteiger partial charge in [-0.05, 0) is 72.1 Å². The maximum atomic E-state index is 11.1. The summed E-state index contributed by atoms with van der Waals surface area (Å²) in [5.74, 6) is 0.0991. The molecular formula is C26H23Cl2NO3. The zero-order valence-corrected chi connectivity index (χ0v) is 19.2. The Morgan fingerprint density at radius 2 is 2.06 bits per heavy atom. The highest BCUT2D eigenvalue weighted by atomic mass is 35.5. The number of rotatable bonds is 5. The number of fused-ring (bicyclic) bond motifs is 2. The van der Waals surface area contributed by atoms with Gasteiger partial charge in [-0.25, -0.2) is 0 Å². The molecule has 0 saturated heterocycles. The molecule has 1 aromatic heterocycles. The van der Waals surface area contributed by atoms with Crippen molar-refractivity contribution in [3.05, 3.63) is 80.6 Å². The molecule has 0 fully saturated rings. The number of ether oxygens (including phenoxy) is 1. The van der Waals surface area contributed by atoms with Gasteiger partial charge in [0.1, 0.15) is 5.75 Å². The van der Waals surface area contributed by atoms with Crippen molar-refractivity contribution in [1.82, 2.24) is 4.98 Å². The molecule has 0 amide bonds. The first-order valence-corrected chi connectivity index (χ1v) is 11.6. The van der Waals surface area contributed by atoms with Gasteiger partial charge in [-0.2, -0.15) is 0 Å². The number of carbonyl (C=O) groups is 1. The average molecular weight is 468 g/mol. The molecule has 1 N–H and O–H groups in total. The molecule has 3 aromatic rings. The summed E-state index contributed by atoms with van der Waals surface area (Å²) < 4.78 is 5.75. The van der Waals surface area contributed by atoms with E-state index in [0.717, 1.165) is 53.0 Å². The molecule has 1 aliphatic carbocycles. The molecule has 2 aromatic carbocycles. The number of hydrogen-bond donors (Lipinski definition) is 1. The molecule has 0 spiro atoms. The monoisotopic (exact) mass is 467 g/mol. The molecule has 2 atom stereocenters. The van der Waals surface area contributed by atoms with Crippen molar-refractivity contribution in [1.29, 1.82) is 0 Å². The summed E-state index contributed by atoms with van der Waals surface area (Å²) in [4.78, 5) is 15.6. The molecule has 4 nitrogen and oxygen atoms in total. The van der Waals surface area contributed by atoms with E-state index in [2.05, 4.69) is 23.2 Å². The SMILES string of the molecule is Cc1ccc(Cl)c(-c2cccc3c2CC[C@H]3Cc2cnc3c(c2)OCC3CC(=O)O)c1Cl. The van der Waals surface area contributed by atoms with Crippen LogP contribution in [0, 0.1) is 6.92 Å². The van der Waals surface area contributed by atoms with Crippen molar-refractivity contribution in [2.45, 2.75) is 44.4 Å². The zero-order chi connectivity index (χ0) is 22.4. The summed E-state index contributed by atoms with van der Waals surface area (Å²) in [7, 11) is 0. The number of aryl methyl sites for hydroxylation is 1. The van der Waals surface area contributed by atoms with Crippen molar-refractivity contribution < 1.29 is 14.6 Å². The van der Waals surface area contributed by atoms with Gasteiger partial charge in [0.05, 0.1) is 23.7 Å². The van der Waals surface area contributed by atoms with Crippen LogP contribution in [0.25, 0.3) is 11.1 Å². The minimum Gasteiger partial charge on any atom is -0.491 e. The minimum atomic E-state index is -0.829. The topological polar surface area (TPSA) is 59.4 Å². The number of aliphatic carboxylic acids is 1. The van der Waals surface area contributed by atoms with Gasteiger partial charge < -0.3 is 9.84 Å². The second-order valence-corrected chi connectivity index (χ2v) is 9.48. The van der Waals surface area contributed by atoms with E-state index in [1.807, 2.05) is 31.3 Å². The van der Waals surface area contributed by atoms with Crippen LogP contribution in [0.3, 0.4) is 0 Å². The molecule has 164 valence electrons. The van der Waals surface area contributed by atoms with Gasteiger partial charge in [-0.1, -0.05) is 47.5 Å². The lowest BCUT2D eigenvalue weighted by atomic mass is 9.91. The van der Waals surface area contributed by atoms with Crippen LogP contribution in [-0.4, -0.2) is 22.7 Å². The van der Waals surface area contributed by atoms with Gasteiger partial charge in [0.2, 0.25) is 0 Å². The molecule has 1 unspecified atom stereocenters. The minimum absolute atomic E-state index is 0.0439. The number of nitrogens with zero attached hydrogens (tertiary/aromatic N) is 1. The molecule has 0 saturated carbocycles. The van der Waals surface area contributed by atoms with Crippen molar-refractivity contribution in [3.63, 3.8) is 0 Å². The largest absolute Gasteiger partial charge is 0.491 e. The van der Waals surface area contributed by atoms with Gasteiger partial charge in [-0.3, -0.25) is 9.78 Å². The Morgan fingerprint density at radius 1 is 1.22 bits per heavy atom. The predicted octanol–water partition coefficient (Wildman–Crippen LogP) is 6.59. The molecular weight excluding hydrogens is 445 g/mol. The van der Waals surface area contributed by atoms with Crippen molar-refractivity contribution in [2.75, 3.05) is 6.61 Å². The van der Waals surface area contributed by atoms with E-state index in [9.17, 15) is 4.79 Å². The number of carboxylic acid groups (broad SMARTS) is 1. The van der Waals surface area contributed by atoms with Crippen molar-refractivity contribution in [2.24, 2.45) is 0 Å². The molecule has 5 rings (SSSR count). The summed E-state index contributed by atoms with van der Waals surface area (Å²) in [6.07, 6.45) is 4.80. The van der Waals surface area contributed by atoms with E-state index in [-0.39, 0.29) is 12.3 Å². The summed E-state index contributed by atoms with van der Waals surface area (Å²) in [6, 6.07) is 12.3. The molecule has 0 bridgehead atoms. The lowest BCUT2D eigenvalue weighted by molar-refractivity contribution is -0.137. The van der Waals surface area contributed by atoms with E-state index in [4.69, 9.17) is 33.0 Å². The third kappa shape index (κ3) is 3.76. The zero-order valence-electron chi connectivity index (χ0n) is 17.7. The summed E-state index contributed by atoms with van der Waals surface area (Å²) in [5.41, 5.74) is 7.57. The van der Waals surface area contributed by atoms with Crippen molar-refractivity contribution >= 4 is 29.2 Å². The number of benzene rings is 2. The maximum Gasteiger partial charge on any atom is 0.304 e. The van der Waals surface area contributed by atoms with Crippen LogP contribution in [0.5, 0.6) is 5.75 Å². The molecule has 32 heavy (non-hydrogen) atoms. The Kier molecular flexibility index (Phi) is 5.60.